The fourth-order valence-electron chi connectivity index (χ4n) is 3.20. The van der Waals surface area contributed by atoms with Crippen LogP contribution in [0, 0.1) is 11.8 Å². The summed E-state index contributed by atoms with van der Waals surface area (Å²) in [7, 11) is 0. The molecule has 1 aromatic carbocycles. The fourth-order valence-corrected chi connectivity index (χ4v) is 3.37. The molecule has 0 radical (unpaired) electrons. The summed E-state index contributed by atoms with van der Waals surface area (Å²) in [5.74, 6) is 0.0379. The van der Waals surface area contributed by atoms with Crippen LogP contribution in [0.5, 0.6) is 0 Å². The number of likely N-dealkylation sites (tertiary alicyclic amines) is 1. The molecule has 3 amide bonds. The molecule has 1 aliphatic heterocycles. The molecule has 6 nitrogen and oxygen atoms in total. The number of hydrogen-bond donors (Lipinski definition) is 2. The van der Waals surface area contributed by atoms with Gasteiger partial charge in [0, 0.05) is 25.0 Å². The fraction of sp³-hybridized carbons (Fsp3) is 0.500. The monoisotopic (exact) mass is 365 g/mol. The SMILES string of the molecule is CC(=O)NCC(=O)Nc1ccc(Cl)cc1C(=O)N1C[C@H](C)C[C@H](C)C1. The van der Waals surface area contributed by atoms with Gasteiger partial charge in [-0.25, -0.2) is 0 Å². The standard InChI is InChI=1S/C18H24ClN3O3/c1-11-6-12(2)10-22(9-11)18(25)15-7-14(19)4-5-16(15)21-17(24)8-20-13(3)23/h4-5,7,11-12H,6,8-10H2,1-3H3,(H,20,23)(H,21,24)/t11-,12+. The second-order valence-corrected chi connectivity index (χ2v) is 7.24. The molecule has 2 N–H and O–H groups in total. The second kappa shape index (κ2) is 8.34. The number of carbonyl (C=O) groups is 3. The summed E-state index contributed by atoms with van der Waals surface area (Å²) < 4.78 is 0. The van der Waals surface area contributed by atoms with Gasteiger partial charge in [0.15, 0.2) is 0 Å². The van der Waals surface area contributed by atoms with Gasteiger partial charge in [-0.2, -0.15) is 0 Å². The molecule has 2 atom stereocenters. The lowest BCUT2D eigenvalue weighted by molar-refractivity contribution is -0.122. The van der Waals surface area contributed by atoms with Crippen molar-refractivity contribution in [3.8, 4) is 0 Å². The van der Waals surface area contributed by atoms with Gasteiger partial charge in [0.05, 0.1) is 17.8 Å². The number of benzene rings is 1. The first kappa shape index (κ1) is 19.2. The summed E-state index contributed by atoms with van der Waals surface area (Å²) in [6.45, 7) is 6.82. The molecular weight excluding hydrogens is 342 g/mol. The Morgan fingerprint density at radius 2 is 1.84 bits per heavy atom. The normalized spacial score (nSPS) is 20.1. The summed E-state index contributed by atoms with van der Waals surface area (Å²) in [5, 5.41) is 5.54. The zero-order valence-electron chi connectivity index (χ0n) is 14.8. The van der Waals surface area contributed by atoms with Crippen LogP contribution in [0.3, 0.4) is 0 Å². The molecule has 1 aliphatic rings. The zero-order chi connectivity index (χ0) is 18.6. The molecule has 7 heteroatoms. The minimum Gasteiger partial charge on any atom is -0.347 e. The lowest BCUT2D eigenvalue weighted by Gasteiger charge is -2.35. The Kier molecular flexibility index (Phi) is 6.42. The van der Waals surface area contributed by atoms with Crippen LogP contribution >= 0.6 is 11.6 Å². The van der Waals surface area contributed by atoms with E-state index < -0.39 is 5.91 Å². The number of rotatable bonds is 4. The molecule has 1 aromatic rings. The summed E-state index contributed by atoms with van der Waals surface area (Å²) in [6, 6.07) is 4.80. The molecule has 0 aliphatic carbocycles. The predicted molar refractivity (Wildman–Crippen MR) is 97.6 cm³/mol. The minimum absolute atomic E-state index is 0.143. The highest BCUT2D eigenvalue weighted by Crippen LogP contribution is 2.26. The summed E-state index contributed by atoms with van der Waals surface area (Å²) in [4.78, 5) is 37.7. The molecule has 1 saturated heterocycles. The van der Waals surface area contributed by atoms with E-state index in [4.69, 9.17) is 11.6 Å². The van der Waals surface area contributed by atoms with Gasteiger partial charge in [0.25, 0.3) is 5.91 Å². The Bertz CT molecular complexity index is 668. The van der Waals surface area contributed by atoms with E-state index in [-0.39, 0.29) is 18.4 Å². The van der Waals surface area contributed by atoms with Crippen molar-refractivity contribution in [1.29, 1.82) is 0 Å². The van der Waals surface area contributed by atoms with Crippen LogP contribution < -0.4 is 10.6 Å². The smallest absolute Gasteiger partial charge is 0.256 e. The van der Waals surface area contributed by atoms with Crippen molar-refractivity contribution in [2.24, 2.45) is 11.8 Å². The number of anilines is 1. The highest BCUT2D eigenvalue weighted by molar-refractivity contribution is 6.31. The average Bonchev–Trinajstić information content (AvgIpc) is 2.53. The van der Waals surface area contributed by atoms with Crippen molar-refractivity contribution in [3.63, 3.8) is 0 Å². The molecule has 0 saturated carbocycles. The van der Waals surface area contributed by atoms with E-state index in [0.29, 0.717) is 41.2 Å². The third-order valence-electron chi connectivity index (χ3n) is 4.14. The van der Waals surface area contributed by atoms with E-state index in [1.54, 1.807) is 18.2 Å². The molecule has 0 aromatic heterocycles. The van der Waals surface area contributed by atoms with Crippen molar-refractivity contribution in [1.82, 2.24) is 10.2 Å². The van der Waals surface area contributed by atoms with Crippen molar-refractivity contribution < 1.29 is 14.4 Å². The van der Waals surface area contributed by atoms with Crippen LogP contribution in [0.4, 0.5) is 5.69 Å². The maximum Gasteiger partial charge on any atom is 0.256 e. The molecule has 0 unspecified atom stereocenters. The van der Waals surface area contributed by atoms with Gasteiger partial charge in [-0.1, -0.05) is 25.4 Å². The number of nitrogens with zero attached hydrogens (tertiary/aromatic N) is 1. The Hall–Kier alpha value is -2.08. The van der Waals surface area contributed by atoms with Crippen LogP contribution in [-0.2, 0) is 9.59 Å². The molecule has 25 heavy (non-hydrogen) atoms. The molecule has 0 spiro atoms. The van der Waals surface area contributed by atoms with Gasteiger partial charge >= 0.3 is 0 Å². The maximum atomic E-state index is 13.0. The van der Waals surface area contributed by atoms with Gasteiger partial charge < -0.3 is 15.5 Å². The van der Waals surface area contributed by atoms with Gasteiger partial charge in [0.1, 0.15) is 0 Å². The Morgan fingerprint density at radius 1 is 1.20 bits per heavy atom. The quantitative estimate of drug-likeness (QED) is 0.860. The maximum absolute atomic E-state index is 13.0. The predicted octanol–water partition coefficient (Wildman–Crippen LogP) is 2.53. The van der Waals surface area contributed by atoms with Crippen LogP contribution in [0.25, 0.3) is 0 Å². The van der Waals surface area contributed by atoms with Gasteiger partial charge in [-0.15, -0.1) is 0 Å². The van der Waals surface area contributed by atoms with Crippen LogP contribution in [0.2, 0.25) is 5.02 Å². The van der Waals surface area contributed by atoms with Gasteiger partial charge in [-0.05, 0) is 36.5 Å². The van der Waals surface area contributed by atoms with Crippen LogP contribution in [0.1, 0.15) is 37.6 Å². The topological polar surface area (TPSA) is 78.5 Å². The summed E-state index contributed by atoms with van der Waals surface area (Å²) in [5.41, 5.74) is 0.764. The lowest BCUT2D eigenvalue weighted by atomic mass is 9.91. The van der Waals surface area contributed by atoms with E-state index in [0.717, 1.165) is 6.42 Å². The molecule has 2 rings (SSSR count). The second-order valence-electron chi connectivity index (χ2n) is 6.80. The van der Waals surface area contributed by atoms with Crippen molar-refractivity contribution in [2.75, 3.05) is 25.0 Å². The third kappa shape index (κ3) is 5.46. The van der Waals surface area contributed by atoms with E-state index in [1.807, 2.05) is 4.90 Å². The van der Waals surface area contributed by atoms with Crippen LogP contribution in [0.15, 0.2) is 18.2 Å². The lowest BCUT2D eigenvalue weighted by Crippen LogP contribution is -2.43. The van der Waals surface area contributed by atoms with E-state index >= 15 is 0 Å². The first-order chi connectivity index (χ1) is 11.8. The van der Waals surface area contributed by atoms with Crippen LogP contribution in [-0.4, -0.2) is 42.3 Å². The average molecular weight is 366 g/mol. The number of nitrogens with one attached hydrogen (secondary N) is 2. The first-order valence-corrected chi connectivity index (χ1v) is 8.77. The third-order valence-corrected chi connectivity index (χ3v) is 4.38. The van der Waals surface area contributed by atoms with Crippen molar-refractivity contribution in [3.05, 3.63) is 28.8 Å². The molecule has 1 heterocycles. The number of amides is 3. The highest BCUT2D eigenvalue weighted by atomic mass is 35.5. The highest BCUT2D eigenvalue weighted by Gasteiger charge is 2.27. The number of carbonyl (C=O) groups excluding carboxylic acids is 3. The van der Waals surface area contributed by atoms with E-state index in [1.165, 1.54) is 6.92 Å². The van der Waals surface area contributed by atoms with Gasteiger partial charge in [0.2, 0.25) is 11.8 Å². The Balaban J connectivity index is 2.18. The van der Waals surface area contributed by atoms with Crippen molar-refractivity contribution in [2.45, 2.75) is 27.2 Å². The molecule has 0 bridgehead atoms. The molecular formula is C18H24ClN3O3. The molecule has 1 fully saturated rings. The zero-order valence-corrected chi connectivity index (χ0v) is 15.5. The Morgan fingerprint density at radius 3 is 2.44 bits per heavy atom. The summed E-state index contributed by atoms with van der Waals surface area (Å²) in [6.07, 6.45) is 1.10. The van der Waals surface area contributed by atoms with Gasteiger partial charge in [-0.3, -0.25) is 14.4 Å². The van der Waals surface area contributed by atoms with Crippen molar-refractivity contribution >= 4 is 35.0 Å². The first-order valence-electron chi connectivity index (χ1n) is 8.39. The minimum atomic E-state index is -0.396. The Labute approximate surface area is 152 Å². The number of hydrogen-bond acceptors (Lipinski definition) is 3. The van der Waals surface area contributed by atoms with E-state index in [9.17, 15) is 14.4 Å². The number of halogens is 1. The summed E-state index contributed by atoms with van der Waals surface area (Å²) >= 11 is 6.06. The molecule has 136 valence electrons. The van der Waals surface area contributed by atoms with E-state index in [2.05, 4.69) is 24.5 Å². The number of piperidine rings is 1. The largest absolute Gasteiger partial charge is 0.347 e.